The number of benzene rings is 1. The highest BCUT2D eigenvalue weighted by Gasteiger charge is 2.04. The Kier molecular flexibility index (Phi) is 4.61. The predicted molar refractivity (Wildman–Crippen MR) is 61.1 cm³/mol. The molecule has 0 spiro atoms. The van der Waals surface area contributed by atoms with E-state index in [0.717, 1.165) is 18.4 Å². The van der Waals surface area contributed by atoms with Crippen LogP contribution in [0.4, 0.5) is 0 Å². The summed E-state index contributed by atoms with van der Waals surface area (Å²) in [5, 5.41) is 0. The summed E-state index contributed by atoms with van der Waals surface area (Å²) in [4.78, 5) is 10.9. The zero-order valence-electron chi connectivity index (χ0n) is 9.19. The number of unbranched alkanes of at least 4 members (excludes halogenated alkanes) is 1. The summed E-state index contributed by atoms with van der Waals surface area (Å²) >= 11 is 0. The van der Waals surface area contributed by atoms with Crippen LogP contribution < -0.4 is 0 Å². The fourth-order valence-corrected chi connectivity index (χ4v) is 1.25. The van der Waals surface area contributed by atoms with Crippen molar-refractivity contribution < 1.29 is 9.53 Å². The number of allylic oxidation sites excluding steroid dienone is 1. The number of hydrogen-bond acceptors (Lipinski definition) is 2. The van der Waals surface area contributed by atoms with Crippen molar-refractivity contribution in [2.75, 3.05) is 0 Å². The van der Waals surface area contributed by atoms with Gasteiger partial charge >= 0.3 is 5.97 Å². The van der Waals surface area contributed by atoms with E-state index in [9.17, 15) is 4.79 Å². The van der Waals surface area contributed by atoms with E-state index in [1.807, 2.05) is 36.4 Å². The molecule has 0 atom stereocenters. The molecule has 1 aromatic carbocycles. The predicted octanol–water partition coefficient (Wildman–Crippen LogP) is 3.39. The lowest BCUT2D eigenvalue weighted by Crippen LogP contribution is -1.98. The van der Waals surface area contributed by atoms with Crippen LogP contribution in [0, 0.1) is 0 Å². The van der Waals surface area contributed by atoms with Crippen LogP contribution in [0.1, 0.15) is 32.3 Å². The minimum Gasteiger partial charge on any atom is -0.426 e. The van der Waals surface area contributed by atoms with Crippen LogP contribution in [0.3, 0.4) is 0 Å². The third-order valence-electron chi connectivity index (χ3n) is 1.93. The van der Waals surface area contributed by atoms with Crippen LogP contribution >= 0.6 is 0 Å². The second-order valence-electron chi connectivity index (χ2n) is 3.32. The van der Waals surface area contributed by atoms with E-state index < -0.39 is 0 Å². The lowest BCUT2D eigenvalue weighted by Gasteiger charge is -2.06. The van der Waals surface area contributed by atoms with E-state index in [4.69, 9.17) is 4.74 Å². The fraction of sp³-hybridized carbons (Fsp3) is 0.308. The van der Waals surface area contributed by atoms with Crippen molar-refractivity contribution in [3.8, 4) is 0 Å². The third kappa shape index (κ3) is 3.98. The summed E-state index contributed by atoms with van der Waals surface area (Å²) in [5.41, 5.74) is 0.946. The molecule has 0 saturated heterocycles. The Labute approximate surface area is 90.6 Å². The number of esters is 1. The van der Waals surface area contributed by atoms with Gasteiger partial charge in [-0.25, -0.2) is 0 Å². The first kappa shape index (κ1) is 11.5. The third-order valence-corrected chi connectivity index (χ3v) is 1.93. The summed E-state index contributed by atoms with van der Waals surface area (Å²) in [7, 11) is 0. The van der Waals surface area contributed by atoms with Gasteiger partial charge in [0.25, 0.3) is 0 Å². The van der Waals surface area contributed by atoms with Crippen molar-refractivity contribution in [3.63, 3.8) is 0 Å². The monoisotopic (exact) mass is 204 g/mol. The molecule has 2 nitrogen and oxygen atoms in total. The first-order valence-electron chi connectivity index (χ1n) is 5.18. The lowest BCUT2D eigenvalue weighted by molar-refractivity contribution is -0.134. The molecule has 0 aliphatic heterocycles. The summed E-state index contributed by atoms with van der Waals surface area (Å²) in [6, 6.07) is 9.67. The van der Waals surface area contributed by atoms with E-state index in [-0.39, 0.29) is 5.97 Å². The number of rotatable bonds is 4. The molecule has 0 heterocycles. The molecule has 0 radical (unpaired) electrons. The Morgan fingerprint density at radius 2 is 2.00 bits per heavy atom. The maximum atomic E-state index is 10.9. The molecule has 0 aromatic heterocycles. The summed E-state index contributed by atoms with van der Waals surface area (Å²) in [6.45, 7) is 3.51. The molecule has 0 N–H and O–H groups in total. The van der Waals surface area contributed by atoms with Gasteiger partial charge in [-0.1, -0.05) is 43.7 Å². The number of hydrogen-bond donors (Lipinski definition) is 0. The molecule has 0 fully saturated rings. The highest BCUT2D eigenvalue weighted by molar-refractivity contribution is 5.76. The zero-order chi connectivity index (χ0) is 11.1. The molecule has 0 amide bonds. The van der Waals surface area contributed by atoms with E-state index in [1.54, 1.807) is 0 Å². The van der Waals surface area contributed by atoms with Gasteiger partial charge in [-0.15, -0.1) is 0 Å². The van der Waals surface area contributed by atoms with Crippen LogP contribution in [-0.2, 0) is 9.53 Å². The van der Waals surface area contributed by atoms with Crippen molar-refractivity contribution in [1.29, 1.82) is 0 Å². The zero-order valence-corrected chi connectivity index (χ0v) is 9.19. The maximum absolute atomic E-state index is 10.9. The van der Waals surface area contributed by atoms with Crippen molar-refractivity contribution in [1.82, 2.24) is 0 Å². The van der Waals surface area contributed by atoms with Crippen molar-refractivity contribution >= 4 is 11.7 Å². The average molecular weight is 204 g/mol. The Morgan fingerprint density at radius 1 is 1.33 bits per heavy atom. The molecule has 0 aliphatic carbocycles. The van der Waals surface area contributed by atoms with Crippen LogP contribution in [0.5, 0.6) is 0 Å². The molecule has 1 aromatic rings. The first-order chi connectivity index (χ1) is 7.24. The van der Waals surface area contributed by atoms with Crippen LogP contribution in [0.25, 0.3) is 5.76 Å². The molecule has 2 heteroatoms. The summed E-state index contributed by atoms with van der Waals surface area (Å²) in [6.07, 6.45) is 3.91. The molecular weight excluding hydrogens is 188 g/mol. The molecular formula is C13H16O2. The van der Waals surface area contributed by atoms with E-state index in [1.165, 1.54) is 6.92 Å². The van der Waals surface area contributed by atoms with Crippen molar-refractivity contribution in [2.45, 2.75) is 26.7 Å². The molecule has 0 saturated carbocycles. The second-order valence-corrected chi connectivity index (χ2v) is 3.32. The highest BCUT2D eigenvalue weighted by atomic mass is 16.5. The number of carbonyl (C=O) groups is 1. The van der Waals surface area contributed by atoms with Crippen molar-refractivity contribution in [2.24, 2.45) is 0 Å². The van der Waals surface area contributed by atoms with E-state index >= 15 is 0 Å². The van der Waals surface area contributed by atoms with Gasteiger partial charge in [0.1, 0.15) is 5.76 Å². The van der Waals surface area contributed by atoms with Crippen LogP contribution in [0.2, 0.25) is 0 Å². The van der Waals surface area contributed by atoms with Crippen LogP contribution in [-0.4, -0.2) is 5.97 Å². The molecule has 80 valence electrons. The Hall–Kier alpha value is -1.57. The normalized spacial score (nSPS) is 11.2. The van der Waals surface area contributed by atoms with Gasteiger partial charge in [0, 0.05) is 12.5 Å². The lowest BCUT2D eigenvalue weighted by atomic mass is 10.1. The first-order valence-corrected chi connectivity index (χ1v) is 5.18. The van der Waals surface area contributed by atoms with Gasteiger partial charge in [0.05, 0.1) is 0 Å². The summed E-state index contributed by atoms with van der Waals surface area (Å²) < 4.78 is 5.16. The van der Waals surface area contributed by atoms with Gasteiger partial charge in [0.2, 0.25) is 0 Å². The van der Waals surface area contributed by atoms with E-state index in [2.05, 4.69) is 6.92 Å². The van der Waals surface area contributed by atoms with Crippen LogP contribution in [0.15, 0.2) is 36.4 Å². The SMILES string of the molecule is CCC/C=C(\OC(C)=O)c1ccccc1. The quantitative estimate of drug-likeness (QED) is 0.555. The fourth-order valence-electron chi connectivity index (χ4n) is 1.25. The Balaban J connectivity index is 2.86. The molecule has 0 bridgehead atoms. The second kappa shape index (κ2) is 6.02. The van der Waals surface area contributed by atoms with Gasteiger partial charge in [0.15, 0.2) is 0 Å². The maximum Gasteiger partial charge on any atom is 0.308 e. The molecule has 15 heavy (non-hydrogen) atoms. The molecule has 1 rings (SSSR count). The Morgan fingerprint density at radius 3 is 2.53 bits per heavy atom. The average Bonchev–Trinajstić information content (AvgIpc) is 2.25. The number of ether oxygens (including phenoxy) is 1. The Bertz CT molecular complexity index is 339. The largest absolute Gasteiger partial charge is 0.426 e. The van der Waals surface area contributed by atoms with Gasteiger partial charge in [-0.05, 0) is 12.5 Å². The number of carbonyl (C=O) groups excluding carboxylic acids is 1. The van der Waals surface area contributed by atoms with Gasteiger partial charge in [-0.3, -0.25) is 4.79 Å². The molecule has 0 unspecified atom stereocenters. The van der Waals surface area contributed by atoms with Gasteiger partial charge < -0.3 is 4.74 Å². The minimum absolute atomic E-state index is 0.277. The van der Waals surface area contributed by atoms with Gasteiger partial charge in [-0.2, -0.15) is 0 Å². The standard InChI is InChI=1S/C13H16O2/c1-3-4-10-13(15-11(2)14)12-8-6-5-7-9-12/h5-10H,3-4H2,1-2H3/b13-10-. The van der Waals surface area contributed by atoms with Crippen molar-refractivity contribution in [3.05, 3.63) is 42.0 Å². The molecule has 0 aliphatic rings. The highest BCUT2D eigenvalue weighted by Crippen LogP contribution is 2.16. The summed E-state index contributed by atoms with van der Waals surface area (Å²) in [5.74, 6) is 0.381. The smallest absolute Gasteiger partial charge is 0.308 e. The van der Waals surface area contributed by atoms with E-state index in [0.29, 0.717) is 5.76 Å². The topological polar surface area (TPSA) is 26.3 Å². The minimum atomic E-state index is -0.277.